The number of halogens is 1. The zero-order chi connectivity index (χ0) is 6.08. The first kappa shape index (κ1) is 7.63. The van der Waals surface area contributed by atoms with E-state index in [9.17, 15) is 4.57 Å². The summed E-state index contributed by atoms with van der Waals surface area (Å²) in [6.45, 7) is 1.40. The number of hydrogen-bond donors (Lipinski definition) is 2. The second-order valence-corrected chi connectivity index (χ2v) is 5.20. The largest absolute Gasteiger partial charge is 0.338 e. The highest BCUT2D eigenvalue weighted by molar-refractivity contribution is 9.10. The zero-order valence-electron chi connectivity index (χ0n) is 3.71. The summed E-state index contributed by atoms with van der Waals surface area (Å²) in [6, 6.07) is 0. The summed E-state index contributed by atoms with van der Waals surface area (Å²) in [5.41, 5.74) is 0. The predicted molar refractivity (Wildman–Crippen MR) is 30.4 cm³/mol. The Hall–Kier alpha value is 0.630. The highest BCUT2D eigenvalue weighted by atomic mass is 79.9. The Morgan fingerprint density at radius 2 is 1.86 bits per heavy atom. The zero-order valence-corrected chi connectivity index (χ0v) is 6.19. The number of alkyl halides is 1. The molecular weight excluding hydrogens is 183 g/mol. The minimum Gasteiger partial charge on any atom is -0.324 e. The van der Waals surface area contributed by atoms with Gasteiger partial charge in [-0.15, -0.1) is 0 Å². The highest BCUT2D eigenvalue weighted by Crippen LogP contribution is 2.43. The third-order valence-corrected chi connectivity index (χ3v) is 2.99. The first-order valence-electron chi connectivity index (χ1n) is 1.64. The minimum absolute atomic E-state index is 0.722. The fourth-order valence-corrected chi connectivity index (χ4v) is 0. The van der Waals surface area contributed by atoms with Crippen molar-refractivity contribution in [2.75, 3.05) is 0 Å². The molecule has 2 N–H and O–H groups in total. The van der Waals surface area contributed by atoms with Gasteiger partial charge in [-0.3, -0.25) is 4.57 Å². The van der Waals surface area contributed by atoms with Crippen molar-refractivity contribution in [2.24, 2.45) is 0 Å². The van der Waals surface area contributed by atoms with Crippen LogP contribution in [0.2, 0.25) is 0 Å². The van der Waals surface area contributed by atoms with Gasteiger partial charge in [0.1, 0.15) is 4.57 Å². The Balaban J connectivity index is 3.80. The second kappa shape index (κ2) is 2.27. The van der Waals surface area contributed by atoms with E-state index in [1.54, 1.807) is 0 Å². The third-order valence-electron chi connectivity index (χ3n) is 0.463. The fraction of sp³-hybridized carbons (Fsp3) is 1.00. The molecule has 0 aromatic heterocycles. The van der Waals surface area contributed by atoms with Crippen molar-refractivity contribution in [3.63, 3.8) is 0 Å². The smallest absolute Gasteiger partial charge is 0.324 e. The van der Waals surface area contributed by atoms with Crippen LogP contribution in [0.25, 0.3) is 0 Å². The van der Waals surface area contributed by atoms with Gasteiger partial charge in [-0.25, -0.2) is 0 Å². The average molecular weight is 189 g/mol. The van der Waals surface area contributed by atoms with E-state index in [1.165, 1.54) is 6.92 Å². The van der Waals surface area contributed by atoms with Crippen molar-refractivity contribution in [3.05, 3.63) is 0 Å². The second-order valence-electron chi connectivity index (χ2n) is 1.16. The normalized spacial score (nSPS) is 16.6. The summed E-state index contributed by atoms with van der Waals surface area (Å²) in [7, 11) is -3.82. The van der Waals surface area contributed by atoms with Crippen molar-refractivity contribution in [1.82, 2.24) is 0 Å². The maximum atomic E-state index is 9.98. The molecule has 3 nitrogen and oxygen atoms in total. The molecule has 0 bridgehead atoms. The Bertz CT molecular complexity index is 95.1. The van der Waals surface area contributed by atoms with Crippen molar-refractivity contribution in [3.8, 4) is 0 Å². The van der Waals surface area contributed by atoms with Gasteiger partial charge in [0, 0.05) is 0 Å². The Morgan fingerprint density at radius 3 is 1.86 bits per heavy atom. The van der Waals surface area contributed by atoms with Crippen LogP contribution in [-0.4, -0.2) is 14.4 Å². The number of rotatable bonds is 1. The Kier molecular flexibility index (Phi) is 2.47. The molecule has 1 unspecified atom stereocenters. The van der Waals surface area contributed by atoms with Crippen molar-refractivity contribution in [1.29, 1.82) is 0 Å². The summed E-state index contributed by atoms with van der Waals surface area (Å²) in [5, 5.41) is 0. The Labute approximate surface area is 50.0 Å². The molecule has 44 valence electrons. The van der Waals surface area contributed by atoms with E-state index in [0.717, 1.165) is 0 Å². The quantitative estimate of drug-likeness (QED) is 0.475. The lowest BCUT2D eigenvalue weighted by Crippen LogP contribution is -1.89. The van der Waals surface area contributed by atoms with Crippen molar-refractivity contribution in [2.45, 2.75) is 11.5 Å². The van der Waals surface area contributed by atoms with Crippen molar-refractivity contribution >= 4 is 23.5 Å². The van der Waals surface area contributed by atoms with Crippen LogP contribution in [-0.2, 0) is 4.57 Å². The van der Waals surface area contributed by atoms with E-state index < -0.39 is 12.2 Å². The van der Waals surface area contributed by atoms with Crippen LogP contribution in [0.4, 0.5) is 0 Å². The van der Waals surface area contributed by atoms with Gasteiger partial charge in [-0.05, 0) is 6.92 Å². The lowest BCUT2D eigenvalue weighted by molar-refractivity contribution is 0.372. The van der Waals surface area contributed by atoms with Crippen LogP contribution in [0, 0.1) is 0 Å². The Morgan fingerprint density at radius 1 is 1.71 bits per heavy atom. The summed E-state index contributed by atoms with van der Waals surface area (Å²) in [5.74, 6) is 0. The molecule has 0 saturated carbocycles. The van der Waals surface area contributed by atoms with Gasteiger partial charge < -0.3 is 9.79 Å². The monoisotopic (exact) mass is 188 g/mol. The van der Waals surface area contributed by atoms with Gasteiger partial charge in [-0.1, -0.05) is 15.9 Å². The minimum atomic E-state index is -3.82. The van der Waals surface area contributed by atoms with Crippen LogP contribution in [0.1, 0.15) is 6.92 Å². The van der Waals surface area contributed by atoms with E-state index in [1.807, 2.05) is 0 Å². The van der Waals surface area contributed by atoms with Crippen LogP contribution >= 0.6 is 23.5 Å². The molecule has 7 heavy (non-hydrogen) atoms. The summed E-state index contributed by atoms with van der Waals surface area (Å²) in [4.78, 5) is 16.3. The van der Waals surface area contributed by atoms with Gasteiger partial charge in [-0.2, -0.15) is 0 Å². The molecule has 0 heterocycles. The molecule has 1 atom stereocenters. The van der Waals surface area contributed by atoms with Gasteiger partial charge in [0.25, 0.3) is 0 Å². The maximum absolute atomic E-state index is 9.98. The molecule has 0 aliphatic rings. The molecule has 0 aliphatic carbocycles. The lowest BCUT2D eigenvalue weighted by Gasteiger charge is -2.02. The SMILES string of the molecule is CC(Br)P(=O)(O)O. The molecule has 0 aliphatic heterocycles. The van der Waals surface area contributed by atoms with E-state index in [0.29, 0.717) is 0 Å². The summed E-state index contributed by atoms with van der Waals surface area (Å²) in [6.07, 6.45) is 0. The van der Waals surface area contributed by atoms with Gasteiger partial charge >= 0.3 is 7.60 Å². The highest BCUT2D eigenvalue weighted by Gasteiger charge is 2.19. The van der Waals surface area contributed by atoms with Gasteiger partial charge in [0.2, 0.25) is 0 Å². The van der Waals surface area contributed by atoms with E-state index >= 15 is 0 Å². The summed E-state index contributed by atoms with van der Waals surface area (Å²) >= 11 is 2.73. The lowest BCUT2D eigenvalue weighted by atomic mass is 11.0. The molecular formula is C2H6BrO3P. The molecule has 0 fully saturated rings. The topological polar surface area (TPSA) is 57.5 Å². The first-order valence-corrected chi connectivity index (χ1v) is 4.23. The molecule has 0 aromatic carbocycles. The van der Waals surface area contributed by atoms with Gasteiger partial charge in [0.05, 0.1) is 0 Å². The summed E-state index contributed by atoms with van der Waals surface area (Å²) < 4.78 is 9.26. The first-order chi connectivity index (χ1) is 2.94. The van der Waals surface area contributed by atoms with E-state index in [-0.39, 0.29) is 0 Å². The van der Waals surface area contributed by atoms with Crippen LogP contribution in [0.3, 0.4) is 0 Å². The molecule has 0 spiro atoms. The van der Waals surface area contributed by atoms with Crippen LogP contribution in [0.15, 0.2) is 0 Å². The van der Waals surface area contributed by atoms with Crippen LogP contribution < -0.4 is 0 Å². The molecule has 5 heteroatoms. The third kappa shape index (κ3) is 3.23. The molecule has 0 saturated heterocycles. The van der Waals surface area contributed by atoms with E-state index in [4.69, 9.17) is 9.79 Å². The van der Waals surface area contributed by atoms with Gasteiger partial charge in [0.15, 0.2) is 0 Å². The fourth-order valence-electron chi connectivity index (χ4n) is 0. The molecule has 0 amide bonds. The van der Waals surface area contributed by atoms with E-state index in [2.05, 4.69) is 15.9 Å². The number of hydrogen-bond acceptors (Lipinski definition) is 1. The van der Waals surface area contributed by atoms with Crippen molar-refractivity contribution < 1.29 is 14.4 Å². The van der Waals surface area contributed by atoms with Crippen LogP contribution in [0.5, 0.6) is 0 Å². The average Bonchev–Trinajstić information content (AvgIpc) is 1.31. The molecule has 0 aromatic rings. The predicted octanol–water partition coefficient (Wildman–Crippen LogP) is 0.905. The molecule has 0 radical (unpaired) electrons. The molecule has 0 rings (SSSR count). The maximum Gasteiger partial charge on any atom is 0.338 e. The standard InChI is InChI=1S/C2H6BrO3P/c1-2(3)7(4,5)6/h2H,1H3,(H2,4,5,6).